The van der Waals surface area contributed by atoms with Crippen LogP contribution in [-0.2, 0) is 11.4 Å². The molecule has 7 heteroatoms. The highest BCUT2D eigenvalue weighted by Gasteiger charge is 2.23. The van der Waals surface area contributed by atoms with E-state index < -0.39 is 5.78 Å². The lowest BCUT2D eigenvalue weighted by Gasteiger charge is -2.08. The third-order valence-electron chi connectivity index (χ3n) is 3.85. The molecule has 0 atom stereocenters. The van der Waals surface area contributed by atoms with E-state index in [1.54, 1.807) is 37.3 Å². The summed E-state index contributed by atoms with van der Waals surface area (Å²) in [4.78, 5) is 32.0. The molecule has 0 saturated carbocycles. The number of nitrogens with zero attached hydrogens (tertiary/aromatic N) is 1. The van der Waals surface area contributed by atoms with E-state index in [0.717, 1.165) is 0 Å². The average molecular weight is 358 g/mol. The van der Waals surface area contributed by atoms with Crippen molar-refractivity contribution >= 4 is 39.9 Å². The minimum atomic E-state index is -0.414. The van der Waals surface area contributed by atoms with Gasteiger partial charge in [-0.3, -0.25) is 14.6 Å². The molecule has 0 bridgehead atoms. The fourth-order valence-corrected chi connectivity index (χ4v) is 2.76. The topological polar surface area (TPSA) is 95.1 Å². The molecule has 0 aliphatic heterocycles. The summed E-state index contributed by atoms with van der Waals surface area (Å²) < 4.78 is 0. The van der Waals surface area contributed by atoms with Crippen LogP contribution in [0.1, 0.15) is 35.1 Å². The fraction of sp³-hybridized carbons (Fsp3) is 0.167. The van der Waals surface area contributed by atoms with Gasteiger partial charge in [0.1, 0.15) is 11.4 Å². The zero-order chi connectivity index (χ0) is 18.0. The SMILES string of the molecule is CCC(=O)Nc1c(C(=O)c2ncccc2CO)[nH]c2cc(Cl)ccc12. The van der Waals surface area contributed by atoms with Gasteiger partial charge in [0.25, 0.3) is 0 Å². The van der Waals surface area contributed by atoms with Crippen molar-refractivity contribution in [1.29, 1.82) is 0 Å². The molecule has 2 aromatic heterocycles. The third kappa shape index (κ3) is 3.26. The van der Waals surface area contributed by atoms with E-state index >= 15 is 0 Å². The maximum absolute atomic E-state index is 13.0. The average Bonchev–Trinajstić information content (AvgIpc) is 2.98. The minimum Gasteiger partial charge on any atom is -0.392 e. The van der Waals surface area contributed by atoms with Crippen molar-refractivity contribution in [2.75, 3.05) is 5.32 Å². The Labute approximate surface area is 148 Å². The molecule has 2 heterocycles. The molecule has 0 aliphatic carbocycles. The van der Waals surface area contributed by atoms with Gasteiger partial charge >= 0.3 is 0 Å². The van der Waals surface area contributed by atoms with Crippen LogP contribution in [0, 0.1) is 0 Å². The van der Waals surface area contributed by atoms with Gasteiger partial charge in [0, 0.05) is 34.1 Å². The van der Waals surface area contributed by atoms with E-state index in [2.05, 4.69) is 15.3 Å². The zero-order valence-corrected chi connectivity index (χ0v) is 14.2. The number of aliphatic hydroxyl groups is 1. The van der Waals surface area contributed by atoms with Gasteiger partial charge in [-0.25, -0.2) is 0 Å². The molecule has 0 aliphatic rings. The standard InChI is InChI=1S/C18H16ClN3O3/c1-2-14(24)22-16-12-6-5-11(19)8-13(12)21-17(16)18(25)15-10(9-23)4-3-7-20-15/h3-8,21,23H,2,9H2,1H3,(H,22,24). The summed E-state index contributed by atoms with van der Waals surface area (Å²) in [6, 6.07) is 8.38. The number of halogens is 1. The molecule has 0 fully saturated rings. The number of anilines is 1. The van der Waals surface area contributed by atoms with Crippen LogP contribution in [0.3, 0.4) is 0 Å². The Hall–Kier alpha value is -2.70. The first kappa shape index (κ1) is 17.1. The van der Waals surface area contributed by atoms with Crippen molar-refractivity contribution in [3.8, 4) is 0 Å². The zero-order valence-electron chi connectivity index (χ0n) is 13.5. The second kappa shape index (κ2) is 7.04. The summed E-state index contributed by atoms with van der Waals surface area (Å²) in [6.45, 7) is 1.42. The number of aliphatic hydroxyl groups excluding tert-OH is 1. The van der Waals surface area contributed by atoms with Gasteiger partial charge in [-0.1, -0.05) is 24.6 Å². The van der Waals surface area contributed by atoms with Crippen molar-refractivity contribution in [1.82, 2.24) is 9.97 Å². The summed E-state index contributed by atoms with van der Waals surface area (Å²) in [5, 5.41) is 13.4. The number of ketones is 1. The first-order chi connectivity index (χ1) is 12.0. The molecule has 0 radical (unpaired) electrons. The highest BCUT2D eigenvalue weighted by Crippen LogP contribution is 2.31. The first-order valence-corrected chi connectivity index (χ1v) is 8.13. The molecule has 1 aromatic carbocycles. The second-order valence-corrected chi connectivity index (χ2v) is 5.90. The molecule has 3 rings (SSSR count). The molecule has 3 N–H and O–H groups in total. The van der Waals surface area contributed by atoms with Gasteiger partial charge in [0.2, 0.25) is 11.7 Å². The molecule has 3 aromatic rings. The Bertz CT molecular complexity index is 965. The number of pyridine rings is 1. The largest absolute Gasteiger partial charge is 0.392 e. The molecular formula is C18H16ClN3O3. The summed E-state index contributed by atoms with van der Waals surface area (Å²) in [5.74, 6) is -0.628. The van der Waals surface area contributed by atoms with Crippen LogP contribution in [0.2, 0.25) is 5.02 Å². The van der Waals surface area contributed by atoms with E-state index in [0.29, 0.717) is 27.2 Å². The second-order valence-electron chi connectivity index (χ2n) is 5.47. The molecule has 128 valence electrons. The molecule has 0 unspecified atom stereocenters. The third-order valence-corrected chi connectivity index (χ3v) is 4.09. The Balaban J connectivity index is 2.18. The number of amides is 1. The van der Waals surface area contributed by atoms with Crippen LogP contribution in [0.15, 0.2) is 36.5 Å². The maximum Gasteiger partial charge on any atom is 0.230 e. The minimum absolute atomic E-state index is 0.134. The number of carbonyl (C=O) groups is 2. The summed E-state index contributed by atoms with van der Waals surface area (Å²) in [5.41, 5.74) is 1.76. The number of hydrogen-bond acceptors (Lipinski definition) is 4. The van der Waals surface area contributed by atoms with E-state index in [9.17, 15) is 14.7 Å². The van der Waals surface area contributed by atoms with E-state index in [-0.39, 0.29) is 30.3 Å². The number of carbonyl (C=O) groups excluding carboxylic acids is 2. The van der Waals surface area contributed by atoms with Crippen molar-refractivity contribution in [3.05, 3.63) is 58.5 Å². The molecule has 25 heavy (non-hydrogen) atoms. The van der Waals surface area contributed by atoms with Crippen LogP contribution in [0.5, 0.6) is 0 Å². The normalized spacial score (nSPS) is 10.8. The van der Waals surface area contributed by atoms with Crippen molar-refractivity contribution in [2.24, 2.45) is 0 Å². The van der Waals surface area contributed by atoms with Crippen LogP contribution >= 0.6 is 11.6 Å². The Morgan fingerprint density at radius 3 is 2.84 bits per heavy atom. The predicted molar refractivity (Wildman–Crippen MR) is 95.8 cm³/mol. The Morgan fingerprint density at radius 2 is 2.12 bits per heavy atom. The van der Waals surface area contributed by atoms with E-state index in [1.165, 1.54) is 6.20 Å². The van der Waals surface area contributed by atoms with Crippen molar-refractivity contribution in [2.45, 2.75) is 20.0 Å². The van der Waals surface area contributed by atoms with Gasteiger partial charge in [-0.2, -0.15) is 0 Å². The van der Waals surface area contributed by atoms with Gasteiger partial charge in [0.05, 0.1) is 12.3 Å². The first-order valence-electron chi connectivity index (χ1n) is 7.75. The molecule has 0 saturated heterocycles. The molecule has 6 nitrogen and oxygen atoms in total. The lowest BCUT2D eigenvalue weighted by atomic mass is 10.1. The highest BCUT2D eigenvalue weighted by atomic mass is 35.5. The van der Waals surface area contributed by atoms with Crippen LogP contribution in [0.4, 0.5) is 5.69 Å². The smallest absolute Gasteiger partial charge is 0.230 e. The monoisotopic (exact) mass is 357 g/mol. The number of rotatable bonds is 5. The highest BCUT2D eigenvalue weighted by molar-refractivity contribution is 6.31. The number of aromatic amines is 1. The van der Waals surface area contributed by atoms with Gasteiger partial charge in [-0.15, -0.1) is 0 Å². The Morgan fingerprint density at radius 1 is 1.32 bits per heavy atom. The number of H-pyrrole nitrogens is 1. The van der Waals surface area contributed by atoms with E-state index in [4.69, 9.17) is 11.6 Å². The van der Waals surface area contributed by atoms with Crippen molar-refractivity contribution < 1.29 is 14.7 Å². The lowest BCUT2D eigenvalue weighted by molar-refractivity contribution is -0.115. The quantitative estimate of drug-likeness (QED) is 0.610. The summed E-state index contributed by atoms with van der Waals surface area (Å²) >= 11 is 6.02. The van der Waals surface area contributed by atoms with Gasteiger partial charge < -0.3 is 15.4 Å². The fourth-order valence-electron chi connectivity index (χ4n) is 2.59. The molecular weight excluding hydrogens is 342 g/mol. The lowest BCUT2D eigenvalue weighted by Crippen LogP contribution is -2.15. The van der Waals surface area contributed by atoms with Gasteiger partial charge in [-0.05, 0) is 24.3 Å². The summed E-state index contributed by atoms with van der Waals surface area (Å²) in [6.07, 6.45) is 1.76. The molecule has 1 amide bonds. The Kier molecular flexibility index (Phi) is 4.83. The van der Waals surface area contributed by atoms with Crippen molar-refractivity contribution in [3.63, 3.8) is 0 Å². The maximum atomic E-state index is 13.0. The molecule has 0 spiro atoms. The predicted octanol–water partition coefficient (Wildman–Crippen LogP) is 3.29. The number of aromatic nitrogens is 2. The number of fused-ring (bicyclic) bond motifs is 1. The van der Waals surface area contributed by atoms with Crippen LogP contribution in [0.25, 0.3) is 10.9 Å². The van der Waals surface area contributed by atoms with Crippen LogP contribution in [-0.4, -0.2) is 26.8 Å². The number of benzene rings is 1. The van der Waals surface area contributed by atoms with E-state index in [1.807, 2.05) is 0 Å². The number of nitrogens with one attached hydrogen (secondary N) is 2. The van der Waals surface area contributed by atoms with Crippen LogP contribution < -0.4 is 5.32 Å². The summed E-state index contributed by atoms with van der Waals surface area (Å²) in [7, 11) is 0. The van der Waals surface area contributed by atoms with Gasteiger partial charge in [0.15, 0.2) is 0 Å². The number of hydrogen-bond donors (Lipinski definition) is 3.